The topological polar surface area (TPSA) is 69.6 Å². The van der Waals surface area contributed by atoms with Crippen LogP contribution in [0.15, 0.2) is 0 Å². The van der Waals surface area contributed by atoms with Gasteiger partial charge in [-0.3, -0.25) is 4.79 Å². The van der Waals surface area contributed by atoms with Gasteiger partial charge in [0.05, 0.1) is 6.42 Å². The fraction of sp³-hybridized carbons (Fsp3) is 0.867. The second-order valence-electron chi connectivity index (χ2n) is 6.07. The van der Waals surface area contributed by atoms with Crippen LogP contribution in [0, 0.1) is 11.8 Å². The van der Waals surface area contributed by atoms with Crippen LogP contribution in [0.2, 0.25) is 0 Å². The Morgan fingerprint density at radius 2 is 2.00 bits per heavy atom. The third-order valence-corrected chi connectivity index (χ3v) is 4.24. The fourth-order valence-electron chi connectivity index (χ4n) is 2.77. The number of carboxylic acids is 1. The maximum Gasteiger partial charge on any atom is 0.317 e. The normalized spacial score (nSPS) is 21.4. The van der Waals surface area contributed by atoms with E-state index in [2.05, 4.69) is 19.2 Å². The zero-order chi connectivity index (χ0) is 15.1. The van der Waals surface area contributed by atoms with Gasteiger partial charge in [-0.25, -0.2) is 4.79 Å². The number of hydrogen-bond acceptors (Lipinski definition) is 2. The molecule has 0 saturated carbocycles. The van der Waals surface area contributed by atoms with Crippen LogP contribution in [0.4, 0.5) is 4.79 Å². The molecule has 0 spiro atoms. The second kappa shape index (κ2) is 8.12. The van der Waals surface area contributed by atoms with E-state index in [1.54, 1.807) is 0 Å². The number of likely N-dealkylation sites (tertiary alicyclic amines) is 1. The van der Waals surface area contributed by atoms with Crippen molar-refractivity contribution in [1.82, 2.24) is 10.2 Å². The van der Waals surface area contributed by atoms with Crippen LogP contribution in [-0.4, -0.2) is 41.1 Å². The van der Waals surface area contributed by atoms with Crippen LogP contribution >= 0.6 is 0 Å². The Morgan fingerprint density at radius 1 is 1.30 bits per heavy atom. The van der Waals surface area contributed by atoms with Gasteiger partial charge < -0.3 is 15.3 Å². The molecule has 0 aromatic heterocycles. The molecule has 20 heavy (non-hydrogen) atoms. The molecule has 1 fully saturated rings. The molecule has 0 aromatic rings. The predicted octanol–water partition coefficient (Wildman–Crippen LogP) is 2.71. The van der Waals surface area contributed by atoms with Gasteiger partial charge >= 0.3 is 12.0 Å². The van der Waals surface area contributed by atoms with Crippen LogP contribution < -0.4 is 5.32 Å². The van der Waals surface area contributed by atoms with E-state index < -0.39 is 5.97 Å². The van der Waals surface area contributed by atoms with Crippen LogP contribution in [0.1, 0.15) is 52.9 Å². The van der Waals surface area contributed by atoms with E-state index in [-0.39, 0.29) is 18.5 Å². The molecular formula is C15H28N2O3. The average molecular weight is 284 g/mol. The number of aliphatic carboxylic acids is 1. The highest BCUT2D eigenvalue weighted by Gasteiger charge is 2.24. The Kier molecular flexibility index (Phi) is 6.82. The summed E-state index contributed by atoms with van der Waals surface area (Å²) in [6.07, 6.45) is 3.88. The molecule has 0 radical (unpaired) electrons. The largest absolute Gasteiger partial charge is 0.481 e. The number of amides is 2. The van der Waals surface area contributed by atoms with Crippen molar-refractivity contribution in [2.45, 2.75) is 58.9 Å². The molecule has 2 atom stereocenters. The SMILES string of the molecule is CCC(CC(=O)O)NC(=O)N1CCCC(C(C)C)CC1. The number of carbonyl (C=O) groups excluding carboxylic acids is 1. The quantitative estimate of drug-likeness (QED) is 0.815. The van der Waals surface area contributed by atoms with Gasteiger partial charge in [0.25, 0.3) is 0 Å². The minimum Gasteiger partial charge on any atom is -0.481 e. The third-order valence-electron chi connectivity index (χ3n) is 4.24. The molecule has 0 bridgehead atoms. The van der Waals surface area contributed by atoms with E-state index in [1.807, 2.05) is 11.8 Å². The Morgan fingerprint density at radius 3 is 2.55 bits per heavy atom. The van der Waals surface area contributed by atoms with Gasteiger partial charge in [0.1, 0.15) is 0 Å². The summed E-state index contributed by atoms with van der Waals surface area (Å²) in [5, 5.41) is 11.7. The number of urea groups is 1. The first-order valence-corrected chi connectivity index (χ1v) is 7.71. The third kappa shape index (κ3) is 5.39. The van der Waals surface area contributed by atoms with Crippen molar-refractivity contribution >= 4 is 12.0 Å². The highest BCUT2D eigenvalue weighted by atomic mass is 16.4. The molecule has 5 nitrogen and oxygen atoms in total. The van der Waals surface area contributed by atoms with Crippen molar-refractivity contribution in [3.8, 4) is 0 Å². The lowest BCUT2D eigenvalue weighted by Gasteiger charge is -2.24. The van der Waals surface area contributed by atoms with Crippen LogP contribution in [-0.2, 0) is 4.79 Å². The van der Waals surface area contributed by atoms with Gasteiger partial charge in [-0.15, -0.1) is 0 Å². The van der Waals surface area contributed by atoms with Gasteiger partial charge in [-0.1, -0.05) is 20.8 Å². The average Bonchev–Trinajstić information content (AvgIpc) is 2.62. The van der Waals surface area contributed by atoms with Crippen molar-refractivity contribution in [1.29, 1.82) is 0 Å². The minimum absolute atomic E-state index is 0.00923. The number of carbonyl (C=O) groups is 2. The summed E-state index contributed by atoms with van der Waals surface area (Å²) in [4.78, 5) is 24.8. The molecule has 0 aliphatic carbocycles. The van der Waals surface area contributed by atoms with E-state index in [1.165, 1.54) is 6.42 Å². The molecule has 1 aliphatic rings. The lowest BCUT2D eigenvalue weighted by atomic mass is 9.89. The molecule has 2 N–H and O–H groups in total. The van der Waals surface area contributed by atoms with Gasteiger partial charge in [0, 0.05) is 19.1 Å². The standard InChI is InChI=1S/C15H28N2O3/c1-4-13(10-14(18)19)16-15(20)17-8-5-6-12(7-9-17)11(2)3/h11-13H,4-10H2,1-3H3,(H,16,20)(H,18,19). The highest BCUT2D eigenvalue weighted by molar-refractivity contribution is 5.76. The summed E-state index contributed by atoms with van der Waals surface area (Å²) in [6.45, 7) is 7.92. The molecule has 1 aliphatic heterocycles. The molecule has 0 aromatic carbocycles. The van der Waals surface area contributed by atoms with E-state index in [0.717, 1.165) is 25.9 Å². The van der Waals surface area contributed by atoms with E-state index >= 15 is 0 Å². The fourth-order valence-corrected chi connectivity index (χ4v) is 2.77. The van der Waals surface area contributed by atoms with Crippen LogP contribution in [0.25, 0.3) is 0 Å². The highest BCUT2D eigenvalue weighted by Crippen LogP contribution is 2.24. The van der Waals surface area contributed by atoms with Crippen molar-refractivity contribution in [3.05, 3.63) is 0 Å². The minimum atomic E-state index is -0.868. The predicted molar refractivity (Wildman–Crippen MR) is 78.6 cm³/mol. The number of rotatable bonds is 5. The Hall–Kier alpha value is -1.26. The van der Waals surface area contributed by atoms with E-state index in [9.17, 15) is 9.59 Å². The molecule has 5 heteroatoms. The molecule has 116 valence electrons. The van der Waals surface area contributed by atoms with Gasteiger partial charge in [-0.2, -0.15) is 0 Å². The molecule has 2 amide bonds. The summed E-state index contributed by atoms with van der Waals surface area (Å²) in [5.74, 6) is 0.482. The molecule has 1 saturated heterocycles. The van der Waals surface area contributed by atoms with Crippen molar-refractivity contribution in [3.63, 3.8) is 0 Å². The van der Waals surface area contributed by atoms with Crippen molar-refractivity contribution < 1.29 is 14.7 Å². The van der Waals surface area contributed by atoms with E-state index in [4.69, 9.17) is 5.11 Å². The Bertz CT molecular complexity index is 331. The molecule has 2 unspecified atom stereocenters. The number of nitrogens with one attached hydrogen (secondary N) is 1. The summed E-state index contributed by atoms with van der Waals surface area (Å²) >= 11 is 0. The van der Waals surface area contributed by atoms with Gasteiger partial charge in [0.2, 0.25) is 0 Å². The van der Waals surface area contributed by atoms with Crippen LogP contribution in [0.5, 0.6) is 0 Å². The zero-order valence-corrected chi connectivity index (χ0v) is 12.9. The van der Waals surface area contributed by atoms with E-state index in [0.29, 0.717) is 18.3 Å². The second-order valence-corrected chi connectivity index (χ2v) is 6.07. The van der Waals surface area contributed by atoms with Crippen molar-refractivity contribution in [2.24, 2.45) is 11.8 Å². The van der Waals surface area contributed by atoms with Crippen LogP contribution in [0.3, 0.4) is 0 Å². The first kappa shape index (κ1) is 16.8. The molecule has 1 heterocycles. The molecular weight excluding hydrogens is 256 g/mol. The lowest BCUT2D eigenvalue weighted by Crippen LogP contribution is -2.45. The number of hydrogen-bond donors (Lipinski definition) is 2. The van der Waals surface area contributed by atoms with Crippen molar-refractivity contribution in [2.75, 3.05) is 13.1 Å². The zero-order valence-electron chi connectivity index (χ0n) is 12.9. The summed E-state index contributed by atoms with van der Waals surface area (Å²) in [6, 6.07) is -0.383. The number of carboxylic acid groups (broad SMARTS) is 1. The Labute approximate surface area is 121 Å². The summed E-state index contributed by atoms with van der Waals surface area (Å²) in [7, 11) is 0. The lowest BCUT2D eigenvalue weighted by molar-refractivity contribution is -0.137. The summed E-state index contributed by atoms with van der Waals surface area (Å²) in [5.41, 5.74) is 0. The molecule has 1 rings (SSSR count). The monoisotopic (exact) mass is 284 g/mol. The summed E-state index contributed by atoms with van der Waals surface area (Å²) < 4.78 is 0. The van der Waals surface area contributed by atoms with Gasteiger partial charge in [-0.05, 0) is 37.5 Å². The smallest absolute Gasteiger partial charge is 0.317 e. The maximum atomic E-state index is 12.2. The number of nitrogens with zero attached hydrogens (tertiary/aromatic N) is 1. The van der Waals surface area contributed by atoms with Gasteiger partial charge in [0.15, 0.2) is 0 Å². The maximum absolute atomic E-state index is 12.2. The first-order chi connectivity index (χ1) is 9.43. The first-order valence-electron chi connectivity index (χ1n) is 7.71. The Balaban J connectivity index is 2.48.